The number of nitrogens with one attached hydrogen (secondary N) is 2. The van der Waals surface area contributed by atoms with E-state index in [9.17, 15) is 14.7 Å². The van der Waals surface area contributed by atoms with Gasteiger partial charge in [0.15, 0.2) is 5.82 Å². The summed E-state index contributed by atoms with van der Waals surface area (Å²) in [5.41, 5.74) is 1.20. The van der Waals surface area contributed by atoms with Crippen LogP contribution in [0.5, 0.6) is 0 Å². The maximum Gasteiger partial charge on any atom is 0.439 e. The highest BCUT2D eigenvalue weighted by atomic mass is 16.5. The summed E-state index contributed by atoms with van der Waals surface area (Å²) in [5.74, 6) is -0.764. The number of anilines is 1. The van der Waals surface area contributed by atoms with Gasteiger partial charge in [0.1, 0.15) is 6.10 Å². The number of aromatic nitrogens is 2. The van der Waals surface area contributed by atoms with Gasteiger partial charge in [0.05, 0.1) is 0 Å². The van der Waals surface area contributed by atoms with Crippen molar-refractivity contribution in [1.82, 2.24) is 10.1 Å². The molecule has 1 aromatic carbocycles. The van der Waals surface area contributed by atoms with Crippen molar-refractivity contribution in [2.45, 2.75) is 19.4 Å². The Hall–Kier alpha value is -2.41. The van der Waals surface area contributed by atoms with Gasteiger partial charge in [0, 0.05) is 11.3 Å². The first-order valence-corrected chi connectivity index (χ1v) is 5.75. The Morgan fingerprint density at radius 3 is 2.68 bits per heavy atom. The number of carbonyl (C=O) groups excluding carboxylic acids is 1. The van der Waals surface area contributed by atoms with E-state index in [0.29, 0.717) is 23.5 Å². The van der Waals surface area contributed by atoms with Crippen molar-refractivity contribution in [3.05, 3.63) is 34.8 Å². The van der Waals surface area contributed by atoms with Crippen LogP contribution in [0.15, 0.2) is 33.6 Å². The van der Waals surface area contributed by atoms with Crippen molar-refractivity contribution < 1.29 is 14.4 Å². The molecule has 0 unspecified atom stereocenters. The molecule has 7 heteroatoms. The van der Waals surface area contributed by atoms with Crippen molar-refractivity contribution in [3.63, 3.8) is 0 Å². The molecular formula is C12H13N3O4. The summed E-state index contributed by atoms with van der Waals surface area (Å²) in [6, 6.07) is 6.62. The molecule has 0 aliphatic carbocycles. The number of carbonyl (C=O) groups is 1. The second kappa shape index (κ2) is 5.49. The molecule has 0 aliphatic rings. The van der Waals surface area contributed by atoms with Crippen molar-refractivity contribution in [3.8, 4) is 11.4 Å². The Kier molecular flexibility index (Phi) is 3.76. The average molecular weight is 263 g/mol. The van der Waals surface area contributed by atoms with Gasteiger partial charge in [-0.15, -0.1) is 0 Å². The van der Waals surface area contributed by atoms with Gasteiger partial charge < -0.3 is 10.4 Å². The molecule has 0 bridgehead atoms. The average Bonchev–Trinajstić information content (AvgIpc) is 2.85. The molecule has 0 fully saturated rings. The summed E-state index contributed by atoms with van der Waals surface area (Å²) in [4.78, 5) is 24.7. The summed E-state index contributed by atoms with van der Waals surface area (Å²) < 4.78 is 4.40. The monoisotopic (exact) mass is 263 g/mol. The third-order valence-corrected chi connectivity index (χ3v) is 2.56. The minimum atomic E-state index is -1.02. The summed E-state index contributed by atoms with van der Waals surface area (Å²) in [7, 11) is 0. The van der Waals surface area contributed by atoms with E-state index in [0.717, 1.165) is 0 Å². The first-order valence-electron chi connectivity index (χ1n) is 5.75. The molecule has 1 aromatic heterocycles. The summed E-state index contributed by atoms with van der Waals surface area (Å²) in [6.07, 6.45) is -0.670. The standard InChI is InChI=1S/C12H13N3O4/c1-2-9(16)11(17)13-8-5-3-7(4-6-8)10-14-12(18)19-15-10/h3-6,9,16H,2H2,1H3,(H,13,17)(H,14,15,18)/t9-/m1/s1. The Balaban J connectivity index is 2.11. The highest BCUT2D eigenvalue weighted by molar-refractivity contribution is 5.94. The smallest absolute Gasteiger partial charge is 0.383 e. The number of H-pyrrole nitrogens is 1. The number of benzene rings is 1. The van der Waals surface area contributed by atoms with Crippen LogP contribution in [0.4, 0.5) is 5.69 Å². The number of hydrogen-bond acceptors (Lipinski definition) is 5. The molecule has 1 atom stereocenters. The van der Waals surface area contributed by atoms with Crippen LogP contribution >= 0.6 is 0 Å². The number of rotatable bonds is 4. The van der Waals surface area contributed by atoms with Gasteiger partial charge in [-0.3, -0.25) is 14.3 Å². The Bertz CT molecular complexity index is 614. The van der Waals surface area contributed by atoms with E-state index in [1.165, 1.54) is 0 Å². The number of amides is 1. The van der Waals surface area contributed by atoms with E-state index in [2.05, 4.69) is 20.0 Å². The molecular weight excluding hydrogens is 250 g/mol. The minimum Gasteiger partial charge on any atom is -0.383 e. The van der Waals surface area contributed by atoms with Crippen LogP contribution in [0.25, 0.3) is 11.4 Å². The summed E-state index contributed by atoms with van der Waals surface area (Å²) >= 11 is 0. The van der Waals surface area contributed by atoms with E-state index in [1.807, 2.05) is 0 Å². The van der Waals surface area contributed by atoms with Crippen molar-refractivity contribution in [2.75, 3.05) is 5.32 Å². The van der Waals surface area contributed by atoms with Crippen LogP contribution in [0.3, 0.4) is 0 Å². The molecule has 1 amide bonds. The molecule has 100 valence electrons. The molecule has 2 rings (SSSR count). The molecule has 1 heterocycles. The lowest BCUT2D eigenvalue weighted by Gasteiger charge is -2.09. The van der Waals surface area contributed by atoms with Gasteiger partial charge in [-0.05, 0) is 30.7 Å². The van der Waals surface area contributed by atoms with E-state index in [-0.39, 0.29) is 0 Å². The topological polar surface area (TPSA) is 108 Å². The number of hydrogen-bond donors (Lipinski definition) is 3. The normalized spacial score (nSPS) is 12.1. The second-order valence-corrected chi connectivity index (χ2v) is 3.93. The zero-order valence-corrected chi connectivity index (χ0v) is 10.2. The highest BCUT2D eigenvalue weighted by Crippen LogP contribution is 2.17. The fraction of sp³-hybridized carbons (Fsp3) is 0.250. The van der Waals surface area contributed by atoms with Gasteiger partial charge in [-0.2, -0.15) is 0 Å². The van der Waals surface area contributed by atoms with E-state index in [1.54, 1.807) is 31.2 Å². The molecule has 0 saturated heterocycles. The fourth-order valence-corrected chi connectivity index (χ4v) is 1.48. The first kappa shape index (κ1) is 13.0. The third-order valence-electron chi connectivity index (χ3n) is 2.56. The maximum atomic E-state index is 11.5. The zero-order chi connectivity index (χ0) is 13.8. The molecule has 0 aliphatic heterocycles. The number of aliphatic hydroxyl groups is 1. The third kappa shape index (κ3) is 3.08. The molecule has 3 N–H and O–H groups in total. The molecule has 2 aromatic rings. The lowest BCUT2D eigenvalue weighted by molar-refractivity contribution is -0.124. The molecule has 0 saturated carbocycles. The minimum absolute atomic E-state index is 0.316. The zero-order valence-electron chi connectivity index (χ0n) is 10.2. The van der Waals surface area contributed by atoms with Crippen molar-refractivity contribution in [1.29, 1.82) is 0 Å². The van der Waals surface area contributed by atoms with Gasteiger partial charge in [0.25, 0.3) is 5.91 Å². The molecule has 19 heavy (non-hydrogen) atoms. The molecule has 0 radical (unpaired) electrons. The predicted molar refractivity (Wildman–Crippen MR) is 67.5 cm³/mol. The predicted octanol–water partition coefficient (Wildman–Crippen LogP) is 0.739. The van der Waals surface area contributed by atoms with Gasteiger partial charge in [-0.25, -0.2) is 4.79 Å². The van der Waals surface area contributed by atoms with Crippen LogP contribution in [-0.2, 0) is 4.79 Å². The molecule has 0 spiro atoms. The van der Waals surface area contributed by atoms with Gasteiger partial charge >= 0.3 is 5.76 Å². The van der Waals surface area contributed by atoms with Crippen LogP contribution < -0.4 is 11.1 Å². The largest absolute Gasteiger partial charge is 0.439 e. The van der Waals surface area contributed by atoms with Gasteiger partial charge in [0.2, 0.25) is 0 Å². The molecule has 7 nitrogen and oxygen atoms in total. The maximum absolute atomic E-state index is 11.5. The summed E-state index contributed by atoms with van der Waals surface area (Å²) in [6.45, 7) is 1.72. The number of aromatic amines is 1. The van der Waals surface area contributed by atoms with Crippen LogP contribution in [-0.4, -0.2) is 27.3 Å². The number of aliphatic hydroxyl groups excluding tert-OH is 1. The lowest BCUT2D eigenvalue weighted by Crippen LogP contribution is -2.26. The highest BCUT2D eigenvalue weighted by Gasteiger charge is 2.12. The van der Waals surface area contributed by atoms with Crippen LogP contribution in [0.1, 0.15) is 13.3 Å². The van der Waals surface area contributed by atoms with E-state index < -0.39 is 17.8 Å². The summed E-state index contributed by atoms with van der Waals surface area (Å²) in [5, 5.41) is 15.5. The SMILES string of the molecule is CC[C@@H](O)C(=O)Nc1ccc(-c2noc(=O)[nH]2)cc1. The quantitative estimate of drug-likeness (QED) is 0.754. The van der Waals surface area contributed by atoms with E-state index in [4.69, 9.17) is 0 Å². The second-order valence-electron chi connectivity index (χ2n) is 3.93. The van der Waals surface area contributed by atoms with Crippen molar-refractivity contribution >= 4 is 11.6 Å². The Morgan fingerprint density at radius 2 is 2.16 bits per heavy atom. The Morgan fingerprint density at radius 1 is 1.47 bits per heavy atom. The van der Waals surface area contributed by atoms with E-state index >= 15 is 0 Å². The Labute approximate surface area is 108 Å². The first-order chi connectivity index (χ1) is 9.10. The van der Waals surface area contributed by atoms with Crippen LogP contribution in [0, 0.1) is 0 Å². The fourth-order valence-electron chi connectivity index (χ4n) is 1.48. The van der Waals surface area contributed by atoms with Crippen LogP contribution in [0.2, 0.25) is 0 Å². The van der Waals surface area contributed by atoms with Crippen molar-refractivity contribution in [2.24, 2.45) is 0 Å². The number of nitrogens with zero attached hydrogens (tertiary/aromatic N) is 1. The lowest BCUT2D eigenvalue weighted by atomic mass is 10.2. The van der Waals surface area contributed by atoms with Gasteiger partial charge in [-0.1, -0.05) is 12.1 Å².